The van der Waals surface area contributed by atoms with Crippen LogP contribution in [0.3, 0.4) is 0 Å². The molecule has 0 aliphatic heterocycles. The Kier molecular flexibility index (Phi) is 6.08. The Morgan fingerprint density at radius 3 is 2.07 bits per heavy atom. The van der Waals surface area contributed by atoms with Gasteiger partial charge in [0.1, 0.15) is 5.75 Å². The van der Waals surface area contributed by atoms with E-state index in [1.807, 2.05) is 24.3 Å². The van der Waals surface area contributed by atoms with E-state index < -0.39 is 0 Å². The van der Waals surface area contributed by atoms with E-state index >= 15 is 0 Å². The number of rotatable bonds is 8. The molecule has 0 N–H and O–H groups in total. The van der Waals surface area contributed by atoms with Gasteiger partial charge in [0, 0.05) is 10.5 Å². The van der Waals surface area contributed by atoms with E-state index in [1.165, 1.54) is 0 Å². The Bertz CT molecular complexity index is 870. The van der Waals surface area contributed by atoms with Crippen LogP contribution >= 0.6 is 11.8 Å². The van der Waals surface area contributed by atoms with E-state index in [2.05, 4.69) is 10.2 Å². The summed E-state index contributed by atoms with van der Waals surface area (Å²) in [4.78, 5) is 1.09. The first-order chi connectivity index (χ1) is 13.2. The lowest BCUT2D eigenvalue weighted by Gasteiger charge is -2.12. The zero-order valence-electron chi connectivity index (χ0n) is 15.5. The molecule has 27 heavy (non-hydrogen) atoms. The van der Waals surface area contributed by atoms with E-state index in [0.717, 1.165) is 10.6 Å². The zero-order chi connectivity index (χ0) is 19.2. The van der Waals surface area contributed by atoms with Gasteiger partial charge in [-0.05, 0) is 36.4 Å². The van der Waals surface area contributed by atoms with E-state index in [-0.39, 0.29) is 0 Å². The highest BCUT2D eigenvalue weighted by Gasteiger charge is 2.17. The molecule has 7 nitrogen and oxygen atoms in total. The molecule has 0 aliphatic carbocycles. The minimum absolute atomic E-state index is 0.389. The number of methoxy groups -OCH3 is 4. The van der Waals surface area contributed by atoms with Gasteiger partial charge in [-0.15, -0.1) is 22.0 Å². The number of thioether (sulfide) groups is 1. The molecule has 0 atom stereocenters. The predicted molar refractivity (Wildman–Crippen MR) is 102 cm³/mol. The maximum absolute atomic E-state index is 5.79. The van der Waals surface area contributed by atoms with Crippen molar-refractivity contribution in [3.8, 4) is 34.5 Å². The lowest BCUT2D eigenvalue weighted by molar-refractivity contribution is 0.324. The number of benzene rings is 2. The van der Waals surface area contributed by atoms with E-state index in [4.69, 9.17) is 23.4 Å². The number of nitrogens with zero attached hydrogens (tertiary/aromatic N) is 2. The molecular formula is C19H20N2O5S. The van der Waals surface area contributed by atoms with Crippen molar-refractivity contribution in [3.05, 3.63) is 42.3 Å². The number of ether oxygens (including phenoxy) is 4. The molecule has 0 radical (unpaired) electrons. The summed E-state index contributed by atoms with van der Waals surface area (Å²) in [7, 11) is 6.32. The van der Waals surface area contributed by atoms with Gasteiger partial charge in [0.25, 0.3) is 0 Å². The number of aromatic nitrogens is 2. The summed E-state index contributed by atoms with van der Waals surface area (Å²) in [6.45, 7) is 0. The Morgan fingerprint density at radius 1 is 0.852 bits per heavy atom. The van der Waals surface area contributed by atoms with Crippen molar-refractivity contribution in [2.24, 2.45) is 0 Å². The van der Waals surface area contributed by atoms with Crippen LogP contribution in [0.2, 0.25) is 0 Å². The van der Waals surface area contributed by atoms with Crippen molar-refractivity contribution in [2.45, 2.75) is 10.6 Å². The third-order valence-electron chi connectivity index (χ3n) is 3.80. The van der Waals surface area contributed by atoms with Gasteiger partial charge in [-0.3, -0.25) is 0 Å². The SMILES string of the molecule is COc1ccc(SCc2nnc(-c3cc(OC)c(OC)c(OC)c3)o2)cc1. The second kappa shape index (κ2) is 8.68. The largest absolute Gasteiger partial charge is 0.497 e. The molecule has 0 bridgehead atoms. The minimum atomic E-state index is 0.389. The molecular weight excluding hydrogens is 368 g/mol. The summed E-state index contributed by atoms with van der Waals surface area (Å²) in [5, 5.41) is 8.25. The van der Waals surface area contributed by atoms with Gasteiger partial charge in [-0.25, -0.2) is 0 Å². The van der Waals surface area contributed by atoms with Crippen LogP contribution in [0.15, 0.2) is 45.7 Å². The van der Waals surface area contributed by atoms with E-state index in [0.29, 0.717) is 40.3 Å². The molecule has 1 aromatic heterocycles. The molecule has 3 rings (SSSR count). The summed E-state index contributed by atoms with van der Waals surface area (Å²) in [5.74, 6) is 3.86. The second-order valence-corrected chi connectivity index (χ2v) is 6.43. The quantitative estimate of drug-likeness (QED) is 0.535. The van der Waals surface area contributed by atoms with E-state index in [1.54, 1.807) is 52.3 Å². The standard InChI is InChI=1S/C19H20N2O5S/c1-22-13-5-7-14(8-6-13)27-11-17-20-21-19(26-17)12-9-15(23-2)18(25-4)16(10-12)24-3/h5-10H,11H2,1-4H3. The topological polar surface area (TPSA) is 75.8 Å². The highest BCUT2D eigenvalue weighted by molar-refractivity contribution is 7.98. The molecule has 8 heteroatoms. The van der Waals surface area contributed by atoms with E-state index in [9.17, 15) is 0 Å². The summed E-state index contributed by atoms with van der Waals surface area (Å²) >= 11 is 1.60. The lowest BCUT2D eigenvalue weighted by Crippen LogP contribution is -1.95. The van der Waals surface area contributed by atoms with Crippen LogP contribution in [0.1, 0.15) is 5.89 Å². The fourth-order valence-electron chi connectivity index (χ4n) is 2.45. The van der Waals surface area contributed by atoms with Crippen molar-refractivity contribution in [1.29, 1.82) is 0 Å². The lowest BCUT2D eigenvalue weighted by atomic mass is 10.2. The van der Waals surface area contributed by atoms with Crippen LogP contribution in [0.25, 0.3) is 11.5 Å². The third kappa shape index (κ3) is 4.28. The smallest absolute Gasteiger partial charge is 0.248 e. The van der Waals surface area contributed by atoms with Crippen molar-refractivity contribution in [2.75, 3.05) is 28.4 Å². The molecule has 0 unspecified atom stereocenters. The van der Waals surface area contributed by atoms with Crippen molar-refractivity contribution in [1.82, 2.24) is 10.2 Å². The number of hydrogen-bond acceptors (Lipinski definition) is 8. The van der Waals surface area contributed by atoms with Crippen molar-refractivity contribution >= 4 is 11.8 Å². The van der Waals surface area contributed by atoms with Crippen LogP contribution in [0, 0.1) is 0 Å². The van der Waals surface area contributed by atoms with Gasteiger partial charge in [-0.1, -0.05) is 0 Å². The van der Waals surface area contributed by atoms with Crippen molar-refractivity contribution < 1.29 is 23.4 Å². The molecule has 0 fully saturated rings. The van der Waals surface area contributed by atoms with Gasteiger partial charge in [0.2, 0.25) is 17.5 Å². The Balaban J connectivity index is 1.76. The first kappa shape index (κ1) is 18.9. The van der Waals surface area contributed by atoms with Crippen LogP contribution in [-0.4, -0.2) is 38.6 Å². The van der Waals surface area contributed by atoms with Gasteiger partial charge >= 0.3 is 0 Å². The molecule has 0 amide bonds. The molecule has 0 spiro atoms. The molecule has 0 saturated carbocycles. The monoisotopic (exact) mass is 388 g/mol. The van der Waals surface area contributed by atoms with Gasteiger partial charge in [0.15, 0.2) is 11.5 Å². The highest BCUT2D eigenvalue weighted by atomic mass is 32.2. The van der Waals surface area contributed by atoms with Gasteiger partial charge in [0.05, 0.1) is 34.2 Å². The third-order valence-corrected chi connectivity index (χ3v) is 4.80. The molecule has 2 aromatic carbocycles. The summed E-state index contributed by atoms with van der Waals surface area (Å²) in [6.07, 6.45) is 0. The molecule has 0 saturated heterocycles. The second-order valence-electron chi connectivity index (χ2n) is 5.38. The average molecular weight is 388 g/mol. The molecule has 0 aliphatic rings. The molecule has 142 valence electrons. The summed E-state index contributed by atoms with van der Waals surface area (Å²) in [5.41, 5.74) is 0.692. The Hall–Kier alpha value is -2.87. The van der Waals surface area contributed by atoms with Crippen LogP contribution in [0.5, 0.6) is 23.0 Å². The Morgan fingerprint density at radius 2 is 1.52 bits per heavy atom. The first-order valence-corrected chi connectivity index (χ1v) is 9.06. The highest BCUT2D eigenvalue weighted by Crippen LogP contribution is 2.41. The van der Waals surface area contributed by atoms with Crippen LogP contribution in [-0.2, 0) is 5.75 Å². The average Bonchev–Trinajstić information content (AvgIpc) is 3.20. The summed E-state index contributed by atoms with van der Waals surface area (Å²) in [6, 6.07) is 11.3. The normalized spacial score (nSPS) is 10.5. The summed E-state index contributed by atoms with van der Waals surface area (Å²) < 4.78 is 27.0. The fourth-order valence-corrected chi connectivity index (χ4v) is 3.19. The van der Waals surface area contributed by atoms with Crippen molar-refractivity contribution in [3.63, 3.8) is 0 Å². The number of hydrogen-bond donors (Lipinski definition) is 0. The minimum Gasteiger partial charge on any atom is -0.497 e. The maximum Gasteiger partial charge on any atom is 0.248 e. The van der Waals surface area contributed by atoms with Crippen LogP contribution in [0.4, 0.5) is 0 Å². The van der Waals surface area contributed by atoms with Gasteiger partial charge < -0.3 is 23.4 Å². The molecule has 1 heterocycles. The molecule has 3 aromatic rings. The maximum atomic E-state index is 5.79. The van der Waals surface area contributed by atoms with Gasteiger partial charge in [-0.2, -0.15) is 0 Å². The zero-order valence-corrected chi connectivity index (χ0v) is 16.3. The predicted octanol–water partition coefficient (Wildman–Crippen LogP) is 4.06. The fraction of sp³-hybridized carbons (Fsp3) is 0.263. The Labute approximate surface area is 161 Å². The first-order valence-electron chi connectivity index (χ1n) is 8.08. The van der Waals surface area contributed by atoms with Crippen LogP contribution < -0.4 is 18.9 Å².